The van der Waals surface area contributed by atoms with Gasteiger partial charge < -0.3 is 10.1 Å². The summed E-state index contributed by atoms with van der Waals surface area (Å²) in [5.74, 6) is 0.659. The van der Waals surface area contributed by atoms with Crippen LogP contribution in [0.5, 0.6) is 0 Å². The molecule has 0 amide bonds. The first-order chi connectivity index (χ1) is 10.1. The molecule has 0 aliphatic carbocycles. The van der Waals surface area contributed by atoms with Crippen molar-refractivity contribution in [2.75, 3.05) is 26.2 Å². The number of benzene rings is 1. The predicted octanol–water partition coefficient (Wildman–Crippen LogP) is 3.08. The van der Waals surface area contributed by atoms with E-state index in [0.29, 0.717) is 18.0 Å². The molecule has 0 aromatic heterocycles. The normalized spacial score (nSPS) is 25.2. The molecule has 1 aliphatic rings. The van der Waals surface area contributed by atoms with Crippen LogP contribution in [-0.4, -0.2) is 43.3 Å². The summed E-state index contributed by atoms with van der Waals surface area (Å²) in [6.45, 7) is 12.7. The van der Waals surface area contributed by atoms with Crippen molar-refractivity contribution < 1.29 is 4.74 Å². The highest BCUT2D eigenvalue weighted by atomic mass is 16.5. The van der Waals surface area contributed by atoms with Gasteiger partial charge in [-0.15, -0.1) is 0 Å². The van der Waals surface area contributed by atoms with Gasteiger partial charge in [0.2, 0.25) is 0 Å². The maximum Gasteiger partial charge on any atom is 0.0673 e. The maximum absolute atomic E-state index is 5.76. The summed E-state index contributed by atoms with van der Waals surface area (Å²) in [4.78, 5) is 2.59. The van der Waals surface area contributed by atoms with Gasteiger partial charge in [-0.05, 0) is 25.3 Å². The number of ether oxygens (including phenoxy) is 1. The van der Waals surface area contributed by atoms with E-state index >= 15 is 0 Å². The van der Waals surface area contributed by atoms with Crippen molar-refractivity contribution in [3.8, 4) is 0 Å². The summed E-state index contributed by atoms with van der Waals surface area (Å²) in [5.41, 5.74) is 1.40. The summed E-state index contributed by atoms with van der Waals surface area (Å²) in [6.07, 6.45) is 0.284. The molecule has 1 saturated heterocycles. The fourth-order valence-corrected chi connectivity index (χ4v) is 3.16. The molecule has 1 aliphatic heterocycles. The fourth-order valence-electron chi connectivity index (χ4n) is 3.16. The van der Waals surface area contributed by atoms with Crippen LogP contribution in [-0.2, 0) is 4.74 Å². The molecule has 0 spiro atoms. The molecule has 3 atom stereocenters. The highest BCUT2D eigenvalue weighted by molar-refractivity contribution is 5.20. The van der Waals surface area contributed by atoms with Crippen molar-refractivity contribution >= 4 is 0 Å². The molecular formula is C18H30N2O. The smallest absolute Gasteiger partial charge is 0.0673 e. The highest BCUT2D eigenvalue weighted by Crippen LogP contribution is 2.25. The molecular weight excluding hydrogens is 260 g/mol. The number of nitrogens with one attached hydrogen (secondary N) is 1. The third-order valence-electron chi connectivity index (χ3n) is 4.38. The SMILES string of the molecule is CCOC(C)CN1CC(C(C)C)NCC1c1ccccc1. The molecule has 1 aromatic carbocycles. The third-order valence-corrected chi connectivity index (χ3v) is 4.38. The number of hydrogen-bond donors (Lipinski definition) is 1. The number of piperazine rings is 1. The maximum atomic E-state index is 5.76. The summed E-state index contributed by atoms with van der Waals surface area (Å²) in [5, 5.41) is 3.72. The molecule has 1 N–H and O–H groups in total. The second-order valence-corrected chi connectivity index (χ2v) is 6.41. The Labute approximate surface area is 129 Å². The Kier molecular flexibility index (Phi) is 6.22. The Morgan fingerprint density at radius 1 is 1.24 bits per heavy atom. The molecule has 21 heavy (non-hydrogen) atoms. The van der Waals surface area contributed by atoms with Crippen molar-refractivity contribution in [1.82, 2.24) is 10.2 Å². The summed E-state index contributed by atoms with van der Waals surface area (Å²) < 4.78 is 5.76. The molecule has 0 bridgehead atoms. The summed E-state index contributed by atoms with van der Waals surface area (Å²) in [6, 6.07) is 11.8. The van der Waals surface area contributed by atoms with Gasteiger partial charge in [0.05, 0.1) is 6.10 Å². The van der Waals surface area contributed by atoms with Crippen LogP contribution in [0.15, 0.2) is 30.3 Å². The first-order valence-corrected chi connectivity index (χ1v) is 8.25. The van der Waals surface area contributed by atoms with Gasteiger partial charge in [0.1, 0.15) is 0 Å². The van der Waals surface area contributed by atoms with Crippen LogP contribution in [0.2, 0.25) is 0 Å². The van der Waals surface area contributed by atoms with Crippen LogP contribution in [0.1, 0.15) is 39.3 Å². The van der Waals surface area contributed by atoms with E-state index < -0.39 is 0 Å². The Balaban J connectivity index is 2.10. The van der Waals surface area contributed by atoms with Crippen molar-refractivity contribution in [1.29, 1.82) is 0 Å². The fraction of sp³-hybridized carbons (Fsp3) is 0.667. The van der Waals surface area contributed by atoms with Gasteiger partial charge >= 0.3 is 0 Å². The minimum Gasteiger partial charge on any atom is -0.377 e. The van der Waals surface area contributed by atoms with Crippen LogP contribution >= 0.6 is 0 Å². The van der Waals surface area contributed by atoms with E-state index in [4.69, 9.17) is 4.74 Å². The van der Waals surface area contributed by atoms with Gasteiger partial charge in [-0.3, -0.25) is 4.90 Å². The topological polar surface area (TPSA) is 24.5 Å². The molecule has 118 valence electrons. The zero-order valence-corrected chi connectivity index (χ0v) is 13.9. The molecule has 0 radical (unpaired) electrons. The van der Waals surface area contributed by atoms with Gasteiger partial charge in [-0.2, -0.15) is 0 Å². The van der Waals surface area contributed by atoms with Gasteiger partial charge in [-0.1, -0.05) is 44.2 Å². The molecule has 3 nitrogen and oxygen atoms in total. The van der Waals surface area contributed by atoms with Crippen LogP contribution in [0.4, 0.5) is 0 Å². The minimum absolute atomic E-state index is 0.284. The standard InChI is InChI=1S/C18H30N2O/c1-5-21-15(4)12-20-13-17(14(2)3)19-11-18(20)16-9-7-6-8-10-16/h6-10,14-15,17-19H,5,11-13H2,1-4H3. The van der Waals surface area contributed by atoms with Gasteiger partial charge in [0.25, 0.3) is 0 Å². The van der Waals surface area contributed by atoms with Crippen molar-refractivity contribution in [2.24, 2.45) is 5.92 Å². The molecule has 1 aromatic rings. The van der Waals surface area contributed by atoms with E-state index in [1.54, 1.807) is 0 Å². The first kappa shape index (κ1) is 16.5. The lowest BCUT2D eigenvalue weighted by atomic mass is 9.95. The van der Waals surface area contributed by atoms with Crippen LogP contribution < -0.4 is 5.32 Å². The van der Waals surface area contributed by atoms with E-state index in [-0.39, 0.29) is 6.10 Å². The third kappa shape index (κ3) is 4.53. The van der Waals surface area contributed by atoms with E-state index in [0.717, 1.165) is 26.2 Å². The quantitative estimate of drug-likeness (QED) is 0.871. The highest BCUT2D eigenvalue weighted by Gasteiger charge is 2.30. The lowest BCUT2D eigenvalue weighted by Gasteiger charge is -2.43. The second kappa shape index (κ2) is 7.92. The number of hydrogen-bond acceptors (Lipinski definition) is 3. The zero-order chi connectivity index (χ0) is 15.2. The van der Waals surface area contributed by atoms with Gasteiger partial charge in [-0.25, -0.2) is 0 Å². The molecule has 2 rings (SSSR count). The Morgan fingerprint density at radius 2 is 1.95 bits per heavy atom. The van der Waals surface area contributed by atoms with Crippen molar-refractivity contribution in [3.63, 3.8) is 0 Å². The van der Waals surface area contributed by atoms with Crippen LogP contribution in [0.3, 0.4) is 0 Å². The molecule has 3 unspecified atom stereocenters. The largest absolute Gasteiger partial charge is 0.377 e. The summed E-state index contributed by atoms with van der Waals surface area (Å²) >= 11 is 0. The van der Waals surface area contributed by atoms with Gasteiger partial charge in [0, 0.05) is 38.3 Å². The minimum atomic E-state index is 0.284. The lowest BCUT2D eigenvalue weighted by Crippen LogP contribution is -2.55. The van der Waals surface area contributed by atoms with E-state index in [2.05, 4.69) is 68.2 Å². The predicted molar refractivity (Wildman–Crippen MR) is 88.5 cm³/mol. The van der Waals surface area contributed by atoms with Crippen molar-refractivity contribution in [2.45, 2.75) is 45.9 Å². The lowest BCUT2D eigenvalue weighted by molar-refractivity contribution is 0.0158. The average molecular weight is 290 g/mol. The molecule has 1 heterocycles. The van der Waals surface area contributed by atoms with E-state index in [1.165, 1.54) is 5.56 Å². The molecule has 0 saturated carbocycles. The summed E-state index contributed by atoms with van der Waals surface area (Å²) in [7, 11) is 0. The molecule has 1 fully saturated rings. The zero-order valence-electron chi connectivity index (χ0n) is 13.9. The average Bonchev–Trinajstić information content (AvgIpc) is 2.48. The van der Waals surface area contributed by atoms with Gasteiger partial charge in [0.15, 0.2) is 0 Å². The van der Waals surface area contributed by atoms with E-state index in [9.17, 15) is 0 Å². The first-order valence-electron chi connectivity index (χ1n) is 8.25. The van der Waals surface area contributed by atoms with Crippen molar-refractivity contribution in [3.05, 3.63) is 35.9 Å². The Morgan fingerprint density at radius 3 is 2.57 bits per heavy atom. The molecule has 3 heteroatoms. The van der Waals surface area contributed by atoms with E-state index in [1.807, 2.05) is 0 Å². The monoisotopic (exact) mass is 290 g/mol. The van der Waals surface area contributed by atoms with Crippen LogP contribution in [0.25, 0.3) is 0 Å². The Bertz CT molecular complexity index is 407. The Hall–Kier alpha value is -0.900. The number of rotatable bonds is 6. The second-order valence-electron chi connectivity index (χ2n) is 6.41. The number of nitrogens with zero attached hydrogens (tertiary/aromatic N) is 1. The van der Waals surface area contributed by atoms with Crippen LogP contribution in [0, 0.1) is 5.92 Å².